The number of alkyl halides is 2. The van der Waals surface area contributed by atoms with E-state index >= 15 is 0 Å². The van der Waals surface area contributed by atoms with E-state index in [9.17, 15) is 13.6 Å². The van der Waals surface area contributed by atoms with Crippen LogP contribution in [0.5, 0.6) is 0 Å². The molecule has 0 unspecified atom stereocenters. The van der Waals surface area contributed by atoms with Crippen molar-refractivity contribution in [2.24, 2.45) is 0 Å². The van der Waals surface area contributed by atoms with E-state index in [0.717, 1.165) is 16.1 Å². The molecule has 0 fully saturated rings. The number of aryl methyl sites for hydroxylation is 1. The highest BCUT2D eigenvalue weighted by Gasteiger charge is 2.12. The molecule has 1 N–H and O–H groups in total. The van der Waals surface area contributed by atoms with Crippen LogP contribution in [0.1, 0.15) is 22.6 Å². The molecule has 0 atom stereocenters. The lowest BCUT2D eigenvalue weighted by atomic mass is 10.1. The smallest absolute Gasteiger partial charge is 0.329 e. The Morgan fingerprint density at radius 1 is 1.38 bits per heavy atom. The first-order valence-electron chi connectivity index (χ1n) is 6.11. The fraction of sp³-hybridized carbons (Fsp3) is 0.286. The molecule has 0 aliphatic heterocycles. The molecule has 112 valence electrons. The predicted molar refractivity (Wildman–Crippen MR) is 74.5 cm³/mol. The molecule has 21 heavy (non-hydrogen) atoms. The maximum atomic E-state index is 12.5. The summed E-state index contributed by atoms with van der Waals surface area (Å²) in [5.74, 6) is -1.03. The van der Waals surface area contributed by atoms with Crippen molar-refractivity contribution in [3.05, 3.63) is 40.4 Å². The van der Waals surface area contributed by atoms with Crippen LogP contribution in [0.3, 0.4) is 0 Å². The van der Waals surface area contributed by atoms with E-state index in [1.54, 1.807) is 19.1 Å². The molecule has 1 aromatic heterocycles. The fourth-order valence-corrected chi connectivity index (χ4v) is 2.69. The first kappa shape index (κ1) is 15.5. The number of aromatic nitrogens is 1. The third-order valence-electron chi connectivity index (χ3n) is 2.76. The van der Waals surface area contributed by atoms with Crippen LogP contribution in [0.15, 0.2) is 24.3 Å². The van der Waals surface area contributed by atoms with Crippen molar-refractivity contribution in [2.45, 2.75) is 20.0 Å². The zero-order chi connectivity index (χ0) is 15.4. The van der Waals surface area contributed by atoms with Gasteiger partial charge in [-0.1, -0.05) is 24.3 Å². The molecule has 0 saturated carbocycles. The summed E-state index contributed by atoms with van der Waals surface area (Å²) in [6.45, 7) is 1.60. The second-order valence-corrected chi connectivity index (χ2v) is 5.42. The summed E-state index contributed by atoms with van der Waals surface area (Å²) in [6, 6.07) is 5.94. The molecule has 4 nitrogen and oxygen atoms in total. The van der Waals surface area contributed by atoms with Gasteiger partial charge in [-0.15, -0.1) is 11.3 Å². The minimum absolute atomic E-state index is 0.0305. The van der Waals surface area contributed by atoms with E-state index in [-0.39, 0.29) is 18.8 Å². The Bertz CT molecular complexity index is 626. The van der Waals surface area contributed by atoms with Crippen LogP contribution in [-0.4, -0.2) is 22.7 Å². The Kier molecular flexibility index (Phi) is 4.98. The molecular weight excluding hydrogens is 300 g/mol. The number of thiazole rings is 1. The summed E-state index contributed by atoms with van der Waals surface area (Å²) in [5, 5.41) is 9.21. The van der Waals surface area contributed by atoms with E-state index in [1.807, 2.05) is 0 Å². The summed E-state index contributed by atoms with van der Waals surface area (Å²) in [7, 11) is 0. The van der Waals surface area contributed by atoms with Crippen LogP contribution in [0.25, 0.3) is 10.6 Å². The normalized spacial score (nSPS) is 11.0. The van der Waals surface area contributed by atoms with Crippen LogP contribution in [0.2, 0.25) is 0 Å². The van der Waals surface area contributed by atoms with Crippen molar-refractivity contribution in [1.29, 1.82) is 0 Å². The van der Waals surface area contributed by atoms with Crippen LogP contribution in [0, 0.1) is 6.92 Å². The van der Waals surface area contributed by atoms with Crippen LogP contribution in [0.4, 0.5) is 8.78 Å². The maximum absolute atomic E-state index is 12.5. The van der Waals surface area contributed by atoms with E-state index in [1.165, 1.54) is 23.5 Å². The third kappa shape index (κ3) is 4.05. The molecule has 0 spiro atoms. The van der Waals surface area contributed by atoms with E-state index in [2.05, 4.69) is 4.98 Å². The number of hydrogen-bond acceptors (Lipinski definition) is 4. The minimum atomic E-state index is -2.49. The molecule has 1 aromatic carbocycles. The van der Waals surface area contributed by atoms with Gasteiger partial charge in [-0.05, 0) is 6.92 Å². The van der Waals surface area contributed by atoms with Crippen molar-refractivity contribution in [2.75, 3.05) is 6.61 Å². The minimum Gasteiger partial charge on any atom is -0.480 e. The van der Waals surface area contributed by atoms with Crippen LogP contribution in [-0.2, 0) is 16.1 Å². The number of aliphatic carboxylic acids is 1. The maximum Gasteiger partial charge on any atom is 0.329 e. The highest BCUT2D eigenvalue weighted by Crippen LogP contribution is 2.30. The molecule has 0 radical (unpaired) electrons. The van der Waals surface area contributed by atoms with Crippen molar-refractivity contribution >= 4 is 17.3 Å². The largest absolute Gasteiger partial charge is 0.480 e. The Morgan fingerprint density at radius 3 is 2.62 bits per heavy atom. The average Bonchev–Trinajstić information content (AvgIpc) is 2.80. The van der Waals surface area contributed by atoms with Gasteiger partial charge in [0.1, 0.15) is 11.6 Å². The lowest BCUT2D eigenvalue weighted by molar-refractivity contribution is -0.142. The van der Waals surface area contributed by atoms with Crippen LogP contribution < -0.4 is 0 Å². The van der Waals surface area contributed by atoms with Gasteiger partial charge in [0.25, 0.3) is 6.43 Å². The van der Waals surface area contributed by atoms with Crippen molar-refractivity contribution in [3.8, 4) is 10.6 Å². The Hall–Kier alpha value is -1.86. The van der Waals surface area contributed by atoms with Gasteiger partial charge in [0.2, 0.25) is 0 Å². The number of carbonyl (C=O) groups is 1. The van der Waals surface area contributed by atoms with Gasteiger partial charge in [-0.2, -0.15) is 0 Å². The van der Waals surface area contributed by atoms with Crippen molar-refractivity contribution in [3.63, 3.8) is 0 Å². The van der Waals surface area contributed by atoms with E-state index < -0.39 is 12.4 Å². The Morgan fingerprint density at radius 2 is 2.05 bits per heavy atom. The molecule has 0 saturated heterocycles. The highest BCUT2D eigenvalue weighted by atomic mass is 32.1. The number of benzene rings is 1. The lowest BCUT2D eigenvalue weighted by Crippen LogP contribution is -2.06. The summed E-state index contributed by atoms with van der Waals surface area (Å²) in [4.78, 5) is 15.6. The molecule has 7 heteroatoms. The standard InChI is InChI=1S/C14H13F2NO3S/c1-8-11(6-20-7-12(18)19)21-14(17-8)10-4-2-9(3-5-10)13(15)16/h2-5,13H,6-7H2,1H3,(H,18,19). The number of carboxylic acids is 1. The summed E-state index contributed by atoms with van der Waals surface area (Å²) >= 11 is 1.36. The molecule has 0 bridgehead atoms. The van der Waals surface area contributed by atoms with Gasteiger partial charge in [-0.3, -0.25) is 0 Å². The first-order valence-corrected chi connectivity index (χ1v) is 6.93. The van der Waals surface area contributed by atoms with Crippen LogP contribution >= 0.6 is 11.3 Å². The molecule has 0 aliphatic carbocycles. The number of hydrogen-bond donors (Lipinski definition) is 1. The van der Waals surface area contributed by atoms with Gasteiger partial charge >= 0.3 is 5.97 Å². The molecule has 1 heterocycles. The van der Waals surface area contributed by atoms with E-state index in [0.29, 0.717) is 5.01 Å². The van der Waals surface area contributed by atoms with Gasteiger partial charge in [0, 0.05) is 11.1 Å². The quantitative estimate of drug-likeness (QED) is 0.884. The summed E-state index contributed by atoms with van der Waals surface area (Å²) < 4.78 is 30.0. The monoisotopic (exact) mass is 313 g/mol. The number of halogens is 2. The summed E-state index contributed by atoms with van der Waals surface area (Å²) in [5.41, 5.74) is 1.47. The molecule has 2 aromatic rings. The van der Waals surface area contributed by atoms with Gasteiger partial charge < -0.3 is 9.84 Å². The number of carboxylic acid groups (broad SMARTS) is 1. The predicted octanol–water partition coefficient (Wildman–Crippen LogP) is 3.66. The van der Waals surface area contributed by atoms with Gasteiger partial charge in [0.05, 0.1) is 17.2 Å². The van der Waals surface area contributed by atoms with Crippen molar-refractivity contribution < 1.29 is 23.4 Å². The SMILES string of the molecule is Cc1nc(-c2ccc(C(F)F)cc2)sc1COCC(=O)O. The second kappa shape index (κ2) is 6.73. The number of rotatable bonds is 6. The number of nitrogens with zero attached hydrogens (tertiary/aromatic N) is 1. The zero-order valence-electron chi connectivity index (χ0n) is 11.2. The molecule has 0 aliphatic rings. The zero-order valence-corrected chi connectivity index (χ0v) is 12.0. The molecule has 0 amide bonds. The first-order chi connectivity index (χ1) is 9.97. The highest BCUT2D eigenvalue weighted by molar-refractivity contribution is 7.15. The average molecular weight is 313 g/mol. The fourth-order valence-electron chi connectivity index (χ4n) is 1.69. The number of ether oxygens (including phenoxy) is 1. The van der Waals surface area contributed by atoms with Gasteiger partial charge in [0.15, 0.2) is 0 Å². The van der Waals surface area contributed by atoms with Crippen molar-refractivity contribution in [1.82, 2.24) is 4.98 Å². The third-order valence-corrected chi connectivity index (χ3v) is 3.94. The van der Waals surface area contributed by atoms with Gasteiger partial charge in [-0.25, -0.2) is 18.6 Å². The molecule has 2 rings (SSSR count). The second-order valence-electron chi connectivity index (χ2n) is 4.34. The Labute approximate surface area is 124 Å². The van der Waals surface area contributed by atoms with E-state index in [4.69, 9.17) is 9.84 Å². The Balaban J connectivity index is 2.12. The molecular formula is C14H13F2NO3S. The topological polar surface area (TPSA) is 59.4 Å². The summed E-state index contributed by atoms with van der Waals surface area (Å²) in [6.07, 6.45) is -2.49. The lowest BCUT2D eigenvalue weighted by Gasteiger charge is -2.00.